The van der Waals surface area contributed by atoms with E-state index in [9.17, 15) is 0 Å². The lowest BCUT2D eigenvalue weighted by Crippen LogP contribution is -2.57. The van der Waals surface area contributed by atoms with Crippen molar-refractivity contribution < 1.29 is 9.47 Å². The van der Waals surface area contributed by atoms with Crippen LogP contribution in [0.15, 0.2) is 212 Å². The summed E-state index contributed by atoms with van der Waals surface area (Å²) >= 11 is 0. The van der Waals surface area contributed by atoms with E-state index in [4.69, 9.17) is 9.47 Å². The highest BCUT2D eigenvalue weighted by Crippen LogP contribution is 2.59. The summed E-state index contributed by atoms with van der Waals surface area (Å²) in [5, 5.41) is 0. The number of hydrogen-bond acceptors (Lipinski definition) is 5. The monoisotopic (exact) mass is 1660 g/mol. The maximum absolute atomic E-state index is 7.77. The van der Waals surface area contributed by atoms with Crippen molar-refractivity contribution in [3.63, 3.8) is 0 Å². The third-order valence-electron chi connectivity index (χ3n) is 30.3. The molecular formula is C119H139B2N3O2. The molecule has 5 nitrogen and oxygen atoms in total. The van der Waals surface area contributed by atoms with Crippen molar-refractivity contribution in [2.75, 3.05) is 14.7 Å². The second-order valence-corrected chi connectivity index (χ2v) is 44.4. The van der Waals surface area contributed by atoms with E-state index in [2.05, 4.69) is 435 Å². The number of ether oxygens (including phenoxy) is 2. The van der Waals surface area contributed by atoms with Gasteiger partial charge in [-0.05, 0) is 266 Å². The standard InChI is InChI=1S/C119H139B2N3O2/c1-68(2)78-35-47-103-93(59-78)117(25,26)94-60-79(69(3)4)36-48-104(94)122(103)87-42-45-101-111(66-87)126-112-67-88(43-46-102(112)121(101)114-91(75(15)16)57-83(72(9)10)58-92(114)76(17)18)123-105-49-37-80(70(5)6)61-95(105)118(27,28)96-62-81(38-50-106(96)123)77(19)53-54-116(23,24)85-40-52-108-98(64-85)119(29,30)97-63-84(115(20,21)22)39-51-107(97)124(108)86-41-44-100-110(65-86)125-109-34-32-31-33-99(109)120(100)113-89(73(11)12)55-82(71(7)8)56-90(113)74(13)14/h31-52,55-77H,53-54H2,1-30H3. The number of benzene rings is 12. The molecule has 7 heteroatoms. The van der Waals surface area contributed by atoms with Crippen molar-refractivity contribution in [3.05, 3.63) is 312 Å². The maximum Gasteiger partial charge on any atom is 0.251 e. The fourth-order valence-corrected chi connectivity index (χ4v) is 21.9. The Bertz CT molecular complexity index is 6160. The molecule has 0 aliphatic carbocycles. The van der Waals surface area contributed by atoms with Gasteiger partial charge < -0.3 is 24.2 Å². The SMILES string of the molecule is CC(C)c1cc(C(C)C)c(B2c3ccccc3Oc3cc(N4c5ccc(C(C)(C)C)cc5C(C)(C)c5cc(C(C)(C)CCC(C)c6ccc7c(c6)C(C)(C)c6cc(C(C)C)ccc6N7c6ccc7c(c6)Oc6cc(N8c9ccc(C(C)C)cc9C(C)(C)c9cc(C(C)C)ccc98)ccc6B7c6c(C(C)C)cc(C(C)C)cc6C(C)C)ccc54)ccc32)c(C(C)C)c1. The Morgan fingerprint density at radius 1 is 0.278 bits per heavy atom. The fourth-order valence-electron chi connectivity index (χ4n) is 21.9. The van der Waals surface area contributed by atoms with Crippen molar-refractivity contribution >= 4 is 97.4 Å². The summed E-state index contributed by atoms with van der Waals surface area (Å²) in [7, 11) is 0. The quantitative estimate of drug-likeness (QED) is 0.0753. The van der Waals surface area contributed by atoms with Crippen molar-refractivity contribution in [2.45, 2.75) is 307 Å². The average molecular weight is 1670 g/mol. The lowest BCUT2D eigenvalue weighted by Gasteiger charge is -2.44. The van der Waals surface area contributed by atoms with Gasteiger partial charge in [0.05, 0.1) is 34.1 Å². The van der Waals surface area contributed by atoms with E-state index < -0.39 is 0 Å². The van der Waals surface area contributed by atoms with Gasteiger partial charge in [0.2, 0.25) is 0 Å². The van der Waals surface area contributed by atoms with Gasteiger partial charge in [0.25, 0.3) is 13.4 Å². The minimum atomic E-state index is -0.326. The summed E-state index contributed by atoms with van der Waals surface area (Å²) in [5.74, 6) is 7.13. The minimum Gasteiger partial charge on any atom is -0.458 e. The summed E-state index contributed by atoms with van der Waals surface area (Å²) in [5.41, 5.74) is 41.9. The molecule has 648 valence electrons. The van der Waals surface area contributed by atoms with Crippen LogP contribution in [-0.2, 0) is 27.1 Å². The number of nitrogens with zero attached hydrogens (tertiary/aromatic N) is 3. The lowest BCUT2D eigenvalue weighted by atomic mass is 9.34. The number of hydrogen-bond donors (Lipinski definition) is 0. The maximum atomic E-state index is 7.77. The van der Waals surface area contributed by atoms with Crippen LogP contribution in [-0.4, -0.2) is 13.4 Å². The van der Waals surface area contributed by atoms with Crippen LogP contribution in [0.1, 0.15) is 380 Å². The zero-order valence-corrected chi connectivity index (χ0v) is 81.7. The van der Waals surface area contributed by atoms with Crippen molar-refractivity contribution in [2.24, 2.45) is 0 Å². The highest BCUT2D eigenvalue weighted by atomic mass is 16.5. The van der Waals surface area contributed by atoms with Gasteiger partial charge in [0.1, 0.15) is 23.0 Å². The number of rotatable bonds is 19. The van der Waals surface area contributed by atoms with Crippen LogP contribution in [0, 0.1) is 0 Å². The molecule has 0 saturated carbocycles. The third kappa shape index (κ3) is 14.9. The Morgan fingerprint density at radius 2 is 0.563 bits per heavy atom. The molecule has 5 aliphatic rings. The van der Waals surface area contributed by atoms with Crippen LogP contribution in [0.25, 0.3) is 0 Å². The van der Waals surface area contributed by atoms with E-state index >= 15 is 0 Å². The normalized spacial score (nSPS) is 15.5. The summed E-state index contributed by atoms with van der Waals surface area (Å²) < 4.78 is 15.0. The molecule has 0 amide bonds. The summed E-state index contributed by atoms with van der Waals surface area (Å²) in [4.78, 5) is 7.67. The van der Waals surface area contributed by atoms with E-state index in [1.807, 2.05) is 0 Å². The van der Waals surface area contributed by atoms with Gasteiger partial charge in [0.15, 0.2) is 0 Å². The third-order valence-corrected chi connectivity index (χ3v) is 30.3. The Balaban J connectivity index is 0.738. The summed E-state index contributed by atoms with van der Waals surface area (Å²) in [6.07, 6.45) is 2.02. The molecule has 5 aliphatic heterocycles. The molecule has 0 fully saturated rings. The first-order valence-corrected chi connectivity index (χ1v) is 48.0. The molecule has 0 bridgehead atoms. The molecule has 12 aromatic carbocycles. The fraction of sp³-hybridized carbons (Fsp3) is 0.395. The first-order chi connectivity index (χ1) is 59.5. The van der Waals surface area contributed by atoms with Gasteiger partial charge in [-0.15, -0.1) is 0 Å². The topological polar surface area (TPSA) is 28.2 Å². The van der Waals surface area contributed by atoms with Gasteiger partial charge in [-0.2, -0.15) is 0 Å². The first-order valence-electron chi connectivity index (χ1n) is 48.0. The summed E-state index contributed by atoms with van der Waals surface area (Å²) in [6.45, 7) is 71.6. The van der Waals surface area contributed by atoms with Gasteiger partial charge >= 0.3 is 0 Å². The van der Waals surface area contributed by atoms with E-state index in [0.717, 1.165) is 52.9 Å². The number of anilines is 9. The largest absolute Gasteiger partial charge is 0.458 e. The molecule has 0 aromatic heterocycles. The molecule has 0 spiro atoms. The molecule has 1 atom stereocenters. The van der Waals surface area contributed by atoms with E-state index in [-0.39, 0.29) is 58.3 Å². The second-order valence-electron chi connectivity index (χ2n) is 44.4. The molecule has 126 heavy (non-hydrogen) atoms. The predicted octanol–water partition coefficient (Wildman–Crippen LogP) is 30.5. The van der Waals surface area contributed by atoms with Crippen molar-refractivity contribution in [3.8, 4) is 23.0 Å². The first kappa shape index (κ1) is 87.8. The molecule has 5 heterocycles. The van der Waals surface area contributed by atoms with Crippen LogP contribution in [0.4, 0.5) is 51.2 Å². The van der Waals surface area contributed by atoms with Gasteiger partial charge in [-0.1, -0.05) is 352 Å². The molecule has 17 rings (SSSR count). The Labute approximate surface area is 758 Å². The van der Waals surface area contributed by atoms with E-state index in [1.54, 1.807) is 0 Å². The van der Waals surface area contributed by atoms with Crippen LogP contribution in [0.5, 0.6) is 23.0 Å². The Morgan fingerprint density at radius 3 is 0.897 bits per heavy atom. The number of fused-ring (bicyclic) bond motifs is 10. The van der Waals surface area contributed by atoms with Crippen LogP contribution >= 0.6 is 0 Å². The lowest BCUT2D eigenvalue weighted by molar-refractivity contribution is 0.438. The van der Waals surface area contributed by atoms with Crippen LogP contribution in [0.3, 0.4) is 0 Å². The smallest absolute Gasteiger partial charge is 0.251 e. The molecule has 1 unspecified atom stereocenters. The van der Waals surface area contributed by atoms with Crippen molar-refractivity contribution in [1.29, 1.82) is 0 Å². The van der Waals surface area contributed by atoms with Crippen LogP contribution in [0.2, 0.25) is 0 Å². The molecule has 12 aromatic rings. The molecule has 0 saturated heterocycles. The number of para-hydroxylation sites is 1. The molecule has 0 radical (unpaired) electrons. The van der Waals surface area contributed by atoms with Crippen molar-refractivity contribution in [1.82, 2.24) is 0 Å². The van der Waals surface area contributed by atoms with Crippen LogP contribution < -0.4 is 57.0 Å². The Hall–Kier alpha value is -10.2. The van der Waals surface area contributed by atoms with Gasteiger partial charge in [-0.3, -0.25) is 0 Å². The Kier molecular flexibility index (Phi) is 22.4. The van der Waals surface area contributed by atoms with Gasteiger partial charge in [-0.25, -0.2) is 0 Å². The minimum absolute atomic E-state index is 0.0108. The highest BCUT2D eigenvalue weighted by Gasteiger charge is 2.46. The second kappa shape index (κ2) is 32.2. The molecule has 0 N–H and O–H groups in total. The van der Waals surface area contributed by atoms with E-state index in [1.165, 1.54) is 167 Å². The van der Waals surface area contributed by atoms with E-state index in [0.29, 0.717) is 41.4 Å². The predicted molar refractivity (Wildman–Crippen MR) is 545 cm³/mol. The summed E-state index contributed by atoms with van der Waals surface area (Å²) in [6, 6.07) is 84.6. The van der Waals surface area contributed by atoms with Gasteiger partial charge in [0, 0.05) is 51.5 Å². The average Bonchev–Trinajstić information content (AvgIpc) is 0.717. The molecular weight excluding hydrogens is 1520 g/mol. The zero-order chi connectivity index (χ0) is 90.1. The zero-order valence-electron chi connectivity index (χ0n) is 81.7. The highest BCUT2D eigenvalue weighted by molar-refractivity contribution is 6.98.